The molecule has 0 fully saturated rings. The molecule has 8 heteroatoms. The Labute approximate surface area is 195 Å². The number of aromatic amines is 1. The highest BCUT2D eigenvalue weighted by atomic mass is 16.2. The van der Waals surface area contributed by atoms with Crippen molar-refractivity contribution in [1.82, 2.24) is 14.9 Å². The monoisotopic (exact) mass is 456 g/mol. The van der Waals surface area contributed by atoms with E-state index in [1.54, 1.807) is 31.2 Å². The number of nitrogens with zero attached hydrogens (tertiary/aromatic N) is 1. The van der Waals surface area contributed by atoms with Crippen LogP contribution in [0.5, 0.6) is 0 Å². The molecule has 172 valence electrons. The number of nitrogens with one attached hydrogen (secondary N) is 3. The number of anilines is 1. The number of H-pyrrole nitrogens is 1. The van der Waals surface area contributed by atoms with E-state index in [0.29, 0.717) is 23.2 Å². The summed E-state index contributed by atoms with van der Waals surface area (Å²) in [7, 11) is 0. The number of amides is 2. The van der Waals surface area contributed by atoms with Crippen molar-refractivity contribution in [2.75, 3.05) is 5.32 Å². The highest BCUT2D eigenvalue weighted by Crippen LogP contribution is 2.18. The van der Waals surface area contributed by atoms with Crippen molar-refractivity contribution in [3.05, 3.63) is 110 Å². The normalized spacial score (nSPS) is 10.8. The minimum Gasteiger partial charge on any atom is -0.348 e. The number of hydrogen-bond donors (Lipinski definition) is 3. The summed E-state index contributed by atoms with van der Waals surface area (Å²) in [6, 6.07) is 19.0. The van der Waals surface area contributed by atoms with Gasteiger partial charge in [0.05, 0.1) is 22.2 Å². The Hall–Kier alpha value is -4.46. The van der Waals surface area contributed by atoms with Gasteiger partial charge in [0.1, 0.15) is 0 Å². The molecule has 3 N–H and O–H groups in total. The number of carbonyl (C=O) groups is 2. The van der Waals surface area contributed by atoms with Crippen molar-refractivity contribution in [2.24, 2.45) is 0 Å². The first kappa shape index (κ1) is 22.7. The molecule has 3 aromatic carbocycles. The van der Waals surface area contributed by atoms with Crippen LogP contribution in [0.25, 0.3) is 10.9 Å². The van der Waals surface area contributed by atoms with Crippen LogP contribution in [0.1, 0.15) is 38.8 Å². The average Bonchev–Trinajstić information content (AvgIpc) is 2.83. The Balaban J connectivity index is 1.55. The molecule has 4 aromatic rings. The molecule has 0 aliphatic heterocycles. The number of benzene rings is 3. The molecule has 0 aliphatic carbocycles. The number of carbonyl (C=O) groups excluding carboxylic acids is 2. The summed E-state index contributed by atoms with van der Waals surface area (Å²) >= 11 is 0. The van der Waals surface area contributed by atoms with Crippen LogP contribution in [-0.2, 0) is 13.1 Å². The highest BCUT2D eigenvalue weighted by molar-refractivity contribution is 6.10. The molecule has 0 aliphatic rings. The predicted molar refractivity (Wildman–Crippen MR) is 131 cm³/mol. The first-order valence-electron chi connectivity index (χ1n) is 10.9. The molecule has 1 aromatic heterocycles. The summed E-state index contributed by atoms with van der Waals surface area (Å²) in [6.07, 6.45) is 0. The van der Waals surface area contributed by atoms with Gasteiger partial charge in [-0.2, -0.15) is 0 Å². The van der Waals surface area contributed by atoms with Crippen LogP contribution >= 0.6 is 0 Å². The van der Waals surface area contributed by atoms with E-state index >= 15 is 0 Å². The van der Waals surface area contributed by atoms with Crippen molar-refractivity contribution >= 4 is 28.4 Å². The zero-order chi connectivity index (χ0) is 24.2. The Morgan fingerprint density at radius 2 is 1.68 bits per heavy atom. The Kier molecular flexibility index (Phi) is 6.40. The molecule has 2 amide bonds. The third kappa shape index (κ3) is 4.66. The third-order valence-electron chi connectivity index (χ3n) is 5.55. The smallest absolute Gasteiger partial charge is 0.328 e. The molecule has 0 atom stereocenters. The van der Waals surface area contributed by atoms with Gasteiger partial charge in [-0.05, 0) is 49.7 Å². The number of hydrogen-bond acceptors (Lipinski definition) is 4. The molecule has 1 heterocycles. The fraction of sp³-hybridized carbons (Fsp3) is 0.154. The van der Waals surface area contributed by atoms with Crippen LogP contribution in [0, 0.1) is 6.92 Å². The van der Waals surface area contributed by atoms with Crippen LogP contribution in [0.2, 0.25) is 0 Å². The largest absolute Gasteiger partial charge is 0.348 e. The molecule has 34 heavy (non-hydrogen) atoms. The lowest BCUT2D eigenvalue weighted by molar-refractivity contribution is 0.0952. The third-order valence-corrected chi connectivity index (χ3v) is 5.55. The predicted octanol–water partition coefficient (Wildman–Crippen LogP) is 3.20. The summed E-state index contributed by atoms with van der Waals surface area (Å²) in [4.78, 5) is 52.9. The van der Waals surface area contributed by atoms with Crippen LogP contribution in [0.15, 0.2) is 76.3 Å². The van der Waals surface area contributed by atoms with Gasteiger partial charge in [-0.1, -0.05) is 42.0 Å². The van der Waals surface area contributed by atoms with Crippen molar-refractivity contribution < 1.29 is 9.59 Å². The average molecular weight is 457 g/mol. The lowest BCUT2D eigenvalue weighted by Crippen LogP contribution is -2.34. The Bertz CT molecular complexity index is 1500. The van der Waals surface area contributed by atoms with Crippen LogP contribution in [-0.4, -0.2) is 21.4 Å². The van der Waals surface area contributed by atoms with E-state index in [1.807, 2.05) is 31.2 Å². The fourth-order valence-electron chi connectivity index (χ4n) is 3.65. The van der Waals surface area contributed by atoms with Crippen LogP contribution in [0.4, 0.5) is 5.69 Å². The summed E-state index contributed by atoms with van der Waals surface area (Å²) in [6.45, 7) is 4.30. The van der Waals surface area contributed by atoms with Gasteiger partial charge in [-0.15, -0.1) is 0 Å². The van der Waals surface area contributed by atoms with Gasteiger partial charge in [0, 0.05) is 18.7 Å². The molecule has 4 rings (SSSR count). The second-order valence-electron chi connectivity index (χ2n) is 7.91. The molecular formula is C26H24N4O4. The van der Waals surface area contributed by atoms with Gasteiger partial charge in [0.25, 0.3) is 17.4 Å². The van der Waals surface area contributed by atoms with Crippen molar-refractivity contribution in [3.63, 3.8) is 0 Å². The van der Waals surface area contributed by atoms with E-state index in [0.717, 1.165) is 15.7 Å². The maximum absolute atomic E-state index is 12.9. The topological polar surface area (TPSA) is 113 Å². The van der Waals surface area contributed by atoms with Crippen LogP contribution in [0.3, 0.4) is 0 Å². The fourth-order valence-corrected chi connectivity index (χ4v) is 3.65. The van der Waals surface area contributed by atoms with E-state index in [1.165, 1.54) is 18.2 Å². The van der Waals surface area contributed by atoms with Gasteiger partial charge in [-0.3, -0.25) is 19.0 Å². The van der Waals surface area contributed by atoms with Crippen LogP contribution < -0.4 is 21.9 Å². The lowest BCUT2D eigenvalue weighted by atomic mass is 10.1. The number of aryl methyl sites for hydroxylation is 1. The second kappa shape index (κ2) is 9.58. The van der Waals surface area contributed by atoms with Crippen molar-refractivity contribution in [2.45, 2.75) is 26.9 Å². The van der Waals surface area contributed by atoms with E-state index in [9.17, 15) is 19.2 Å². The maximum atomic E-state index is 12.9. The zero-order valence-electron chi connectivity index (χ0n) is 18.8. The molecule has 0 unspecified atom stereocenters. The second-order valence-corrected chi connectivity index (χ2v) is 7.91. The van der Waals surface area contributed by atoms with Crippen molar-refractivity contribution in [3.8, 4) is 0 Å². The minimum absolute atomic E-state index is 0.242. The maximum Gasteiger partial charge on any atom is 0.328 e. The molecule has 0 radical (unpaired) electrons. The highest BCUT2D eigenvalue weighted by Gasteiger charge is 2.15. The molecule has 8 nitrogen and oxygen atoms in total. The van der Waals surface area contributed by atoms with Gasteiger partial charge in [0.15, 0.2) is 0 Å². The minimum atomic E-state index is -0.534. The number of aromatic nitrogens is 2. The van der Waals surface area contributed by atoms with E-state index in [4.69, 9.17) is 0 Å². The van der Waals surface area contributed by atoms with E-state index < -0.39 is 17.2 Å². The first-order chi connectivity index (χ1) is 16.4. The van der Waals surface area contributed by atoms with Gasteiger partial charge < -0.3 is 15.6 Å². The van der Waals surface area contributed by atoms with Gasteiger partial charge in [0.2, 0.25) is 0 Å². The lowest BCUT2D eigenvalue weighted by Gasteiger charge is -2.12. The molecule has 0 bridgehead atoms. The van der Waals surface area contributed by atoms with E-state index in [2.05, 4.69) is 15.6 Å². The quantitative estimate of drug-likeness (QED) is 0.413. The molecular weight excluding hydrogens is 432 g/mol. The van der Waals surface area contributed by atoms with Crippen molar-refractivity contribution in [1.29, 1.82) is 0 Å². The van der Waals surface area contributed by atoms with Gasteiger partial charge in [-0.25, -0.2) is 4.79 Å². The summed E-state index contributed by atoms with van der Waals surface area (Å²) < 4.78 is 1.09. The first-order valence-corrected chi connectivity index (χ1v) is 10.9. The zero-order valence-corrected chi connectivity index (χ0v) is 18.8. The number of fused-ring (bicyclic) bond motifs is 1. The SMILES string of the molecule is CCn1c(=O)[nH]c2cc(C(=O)Nc3ccccc3C(=O)NCc3ccc(C)cc3)ccc2c1=O. The number of rotatable bonds is 6. The van der Waals surface area contributed by atoms with E-state index in [-0.39, 0.29) is 23.5 Å². The molecule has 0 spiro atoms. The Morgan fingerprint density at radius 3 is 2.41 bits per heavy atom. The Morgan fingerprint density at radius 1 is 0.941 bits per heavy atom. The standard InChI is InChI=1S/C26H24N4O4/c1-3-30-25(33)20-13-12-18(14-22(20)29-26(30)34)23(31)28-21-7-5-4-6-19(21)24(32)27-15-17-10-8-16(2)9-11-17/h4-14H,3,15H2,1-2H3,(H,27,32)(H,28,31)(H,29,34). The summed E-state index contributed by atoms with van der Waals surface area (Å²) in [5.74, 6) is -0.791. The molecule has 0 saturated heterocycles. The summed E-state index contributed by atoms with van der Waals surface area (Å²) in [5, 5.41) is 5.94. The number of para-hydroxylation sites is 1. The van der Waals surface area contributed by atoms with Gasteiger partial charge >= 0.3 is 5.69 Å². The molecule has 0 saturated carbocycles. The summed E-state index contributed by atoms with van der Waals surface area (Å²) in [5.41, 5.74) is 2.34.